The van der Waals surface area contributed by atoms with Crippen molar-refractivity contribution in [3.63, 3.8) is 0 Å². The van der Waals surface area contributed by atoms with Crippen molar-refractivity contribution >= 4 is 17.3 Å². The molecule has 0 amide bonds. The molecule has 0 aliphatic heterocycles. The van der Waals surface area contributed by atoms with E-state index in [-0.39, 0.29) is 18.0 Å². The Labute approximate surface area is 126 Å². The summed E-state index contributed by atoms with van der Waals surface area (Å²) in [5, 5.41) is 0. The third-order valence-electron chi connectivity index (χ3n) is 2.68. The van der Waals surface area contributed by atoms with Gasteiger partial charge in [-0.15, -0.1) is 0 Å². The number of ether oxygens (including phenoxy) is 1. The fourth-order valence-electron chi connectivity index (χ4n) is 1.67. The quantitative estimate of drug-likeness (QED) is 0.472. The van der Waals surface area contributed by atoms with Crippen molar-refractivity contribution in [1.82, 2.24) is 0 Å². The fraction of sp³-hybridized carbons (Fsp3) is 0.250. The molecule has 0 aromatic heterocycles. The summed E-state index contributed by atoms with van der Waals surface area (Å²) in [4.78, 5) is 22.7. The predicted octanol–water partition coefficient (Wildman–Crippen LogP) is 3.80. The first-order valence-corrected chi connectivity index (χ1v) is 6.49. The molecule has 0 N–H and O–H groups in total. The van der Waals surface area contributed by atoms with Crippen LogP contribution in [-0.2, 0) is 20.5 Å². The van der Waals surface area contributed by atoms with Crippen LogP contribution in [0.3, 0.4) is 0 Å². The molecule has 0 spiro atoms. The topological polar surface area (TPSA) is 43.4 Å². The number of ketones is 1. The third kappa shape index (κ3) is 5.20. The molecule has 118 valence electrons. The van der Waals surface area contributed by atoms with Gasteiger partial charge in [-0.3, -0.25) is 4.79 Å². The lowest BCUT2D eigenvalue weighted by Gasteiger charge is -2.08. The summed E-state index contributed by atoms with van der Waals surface area (Å²) in [6.07, 6.45) is -0.604. The van der Waals surface area contributed by atoms with Gasteiger partial charge in [0.05, 0.1) is 12.2 Å². The normalized spacial score (nSPS) is 12.5. The van der Waals surface area contributed by atoms with Crippen molar-refractivity contribution in [2.75, 3.05) is 6.61 Å². The van der Waals surface area contributed by atoms with Crippen molar-refractivity contribution < 1.29 is 27.5 Å². The number of hydrogen-bond acceptors (Lipinski definition) is 3. The van der Waals surface area contributed by atoms with E-state index in [1.165, 1.54) is 31.2 Å². The Morgan fingerprint density at radius 3 is 2.23 bits per heavy atom. The maximum absolute atomic E-state index is 12.5. The van der Waals surface area contributed by atoms with Crippen LogP contribution in [-0.4, -0.2) is 18.4 Å². The number of benzene rings is 1. The average molecular weight is 312 g/mol. The van der Waals surface area contributed by atoms with Crippen molar-refractivity contribution in [2.45, 2.75) is 20.0 Å². The molecule has 0 aliphatic carbocycles. The molecule has 0 heterocycles. The number of carbonyl (C=O) groups is 2. The Hall–Kier alpha value is -2.37. The number of Topliss-reactive ketones (excluding diaryl/α,β-unsaturated/α-hetero) is 1. The zero-order valence-electron chi connectivity index (χ0n) is 12.1. The van der Waals surface area contributed by atoms with E-state index >= 15 is 0 Å². The molecule has 1 rings (SSSR count). The lowest BCUT2D eigenvalue weighted by atomic mass is 10.0. The molecule has 6 heteroatoms. The maximum Gasteiger partial charge on any atom is 0.416 e. The lowest BCUT2D eigenvalue weighted by molar-refractivity contribution is -0.138. The number of allylic oxidation sites excluding steroid dienone is 3. The van der Waals surface area contributed by atoms with Crippen molar-refractivity contribution in [2.24, 2.45) is 0 Å². The zero-order chi connectivity index (χ0) is 16.8. The van der Waals surface area contributed by atoms with Crippen LogP contribution in [0.4, 0.5) is 13.2 Å². The van der Waals surface area contributed by atoms with Crippen LogP contribution in [0.15, 0.2) is 42.5 Å². The van der Waals surface area contributed by atoms with Crippen LogP contribution in [0.1, 0.15) is 25.0 Å². The maximum atomic E-state index is 12.5. The Bertz CT molecular complexity index is 596. The molecule has 0 fully saturated rings. The number of halogens is 3. The SMILES string of the molecule is CCOC(=O)/C=C/C=C(\C(C)=O)c1ccc(C(F)(F)F)cc1. The van der Waals surface area contributed by atoms with Gasteiger partial charge in [-0.25, -0.2) is 4.79 Å². The van der Waals surface area contributed by atoms with Gasteiger partial charge in [0.25, 0.3) is 0 Å². The molecule has 0 atom stereocenters. The highest BCUT2D eigenvalue weighted by Gasteiger charge is 2.30. The number of carbonyl (C=O) groups excluding carboxylic acids is 2. The van der Waals surface area contributed by atoms with Gasteiger partial charge in [-0.2, -0.15) is 13.2 Å². The van der Waals surface area contributed by atoms with Gasteiger partial charge in [0.2, 0.25) is 0 Å². The third-order valence-corrected chi connectivity index (χ3v) is 2.68. The van der Waals surface area contributed by atoms with Crippen LogP contribution in [0.25, 0.3) is 5.57 Å². The molecule has 22 heavy (non-hydrogen) atoms. The van der Waals surface area contributed by atoms with Gasteiger partial charge in [0.1, 0.15) is 0 Å². The van der Waals surface area contributed by atoms with E-state index < -0.39 is 17.7 Å². The Balaban J connectivity index is 3.01. The smallest absolute Gasteiger partial charge is 0.416 e. The summed E-state index contributed by atoms with van der Waals surface area (Å²) in [6, 6.07) is 4.24. The van der Waals surface area contributed by atoms with E-state index in [0.29, 0.717) is 5.56 Å². The largest absolute Gasteiger partial charge is 0.463 e. The molecule has 1 aromatic carbocycles. The zero-order valence-corrected chi connectivity index (χ0v) is 12.1. The highest BCUT2D eigenvalue weighted by atomic mass is 19.4. The summed E-state index contributed by atoms with van der Waals surface area (Å²) < 4.78 is 42.2. The summed E-state index contributed by atoms with van der Waals surface area (Å²) in [6.45, 7) is 3.18. The van der Waals surface area contributed by atoms with Crippen LogP contribution >= 0.6 is 0 Å². The van der Waals surface area contributed by atoms with E-state index in [9.17, 15) is 22.8 Å². The van der Waals surface area contributed by atoms with E-state index in [0.717, 1.165) is 18.2 Å². The van der Waals surface area contributed by atoms with Crippen LogP contribution in [0.5, 0.6) is 0 Å². The second-order valence-corrected chi connectivity index (χ2v) is 4.32. The van der Waals surface area contributed by atoms with Gasteiger partial charge in [-0.05, 0) is 31.5 Å². The number of esters is 1. The number of rotatable bonds is 5. The van der Waals surface area contributed by atoms with E-state index in [2.05, 4.69) is 4.74 Å². The fourth-order valence-corrected chi connectivity index (χ4v) is 1.67. The number of alkyl halides is 3. The molecular formula is C16H15F3O3. The monoisotopic (exact) mass is 312 g/mol. The average Bonchev–Trinajstić information content (AvgIpc) is 2.43. The highest BCUT2D eigenvalue weighted by molar-refractivity contribution is 6.19. The first-order chi connectivity index (χ1) is 10.3. The van der Waals surface area contributed by atoms with Crippen molar-refractivity contribution in [3.05, 3.63) is 53.6 Å². The first kappa shape index (κ1) is 17.7. The Morgan fingerprint density at radius 2 is 1.77 bits per heavy atom. The number of hydrogen-bond donors (Lipinski definition) is 0. The summed E-state index contributed by atoms with van der Waals surface area (Å²) >= 11 is 0. The van der Waals surface area contributed by atoms with Crippen LogP contribution in [0, 0.1) is 0 Å². The van der Waals surface area contributed by atoms with Gasteiger partial charge in [0, 0.05) is 11.6 Å². The van der Waals surface area contributed by atoms with E-state index in [4.69, 9.17) is 0 Å². The van der Waals surface area contributed by atoms with Crippen LogP contribution < -0.4 is 0 Å². The summed E-state index contributed by atoms with van der Waals surface area (Å²) in [5.41, 5.74) is -0.246. The molecule has 0 saturated heterocycles. The molecule has 0 bridgehead atoms. The second kappa shape index (κ2) is 7.59. The summed E-state index contributed by atoms with van der Waals surface area (Å²) in [7, 11) is 0. The molecule has 0 unspecified atom stereocenters. The predicted molar refractivity (Wildman–Crippen MR) is 75.9 cm³/mol. The van der Waals surface area contributed by atoms with Gasteiger partial charge in [-0.1, -0.05) is 24.3 Å². The molecular weight excluding hydrogens is 297 g/mol. The molecule has 0 aliphatic rings. The summed E-state index contributed by atoms with van der Waals surface area (Å²) in [5.74, 6) is -0.887. The van der Waals surface area contributed by atoms with E-state index in [1.54, 1.807) is 6.92 Å². The standard InChI is InChI=1S/C16H15F3O3/c1-3-22-15(21)6-4-5-14(11(2)20)12-7-9-13(10-8-12)16(17,18)19/h4-10H,3H2,1-2H3/b6-4+,14-5+. The molecule has 3 nitrogen and oxygen atoms in total. The van der Waals surface area contributed by atoms with Gasteiger partial charge < -0.3 is 4.74 Å². The van der Waals surface area contributed by atoms with Gasteiger partial charge >= 0.3 is 12.1 Å². The molecule has 0 radical (unpaired) electrons. The minimum atomic E-state index is -4.43. The molecule has 1 aromatic rings. The Kier molecular flexibility index (Phi) is 6.10. The second-order valence-electron chi connectivity index (χ2n) is 4.32. The minimum Gasteiger partial charge on any atom is -0.463 e. The van der Waals surface area contributed by atoms with E-state index in [1.807, 2.05) is 0 Å². The van der Waals surface area contributed by atoms with Gasteiger partial charge in [0.15, 0.2) is 5.78 Å². The lowest BCUT2D eigenvalue weighted by Crippen LogP contribution is -2.05. The van der Waals surface area contributed by atoms with Crippen molar-refractivity contribution in [3.8, 4) is 0 Å². The molecule has 0 saturated carbocycles. The van der Waals surface area contributed by atoms with Crippen LogP contribution in [0.2, 0.25) is 0 Å². The Morgan fingerprint density at radius 1 is 1.18 bits per heavy atom. The van der Waals surface area contributed by atoms with Crippen molar-refractivity contribution in [1.29, 1.82) is 0 Å². The minimum absolute atomic E-state index is 0.203. The first-order valence-electron chi connectivity index (χ1n) is 6.49. The highest BCUT2D eigenvalue weighted by Crippen LogP contribution is 2.30.